The number of carbonyl (C=O) groups is 2. The number of aryl methyl sites for hydroxylation is 1. The molecule has 4 aliphatic rings. The summed E-state index contributed by atoms with van der Waals surface area (Å²) >= 11 is 0. The number of hydrogen-bond acceptors (Lipinski definition) is 8. The van der Waals surface area contributed by atoms with E-state index in [0.29, 0.717) is 31.2 Å². The molecule has 1 aromatic heterocycles. The smallest absolute Gasteiger partial charge is 0.237 e. The van der Waals surface area contributed by atoms with Crippen LogP contribution in [0, 0.1) is 18.8 Å². The minimum absolute atomic E-state index is 0.0426. The third kappa shape index (κ3) is 9.74. The molecule has 2 aromatic carbocycles. The second-order valence-electron chi connectivity index (χ2n) is 16.9. The number of Topliss-reactive ketones (excluding diaryl/α,β-unsaturated/α-hetero) is 1. The summed E-state index contributed by atoms with van der Waals surface area (Å²) < 4.78 is 5.78. The molecule has 1 amide bonds. The van der Waals surface area contributed by atoms with Gasteiger partial charge in [0.25, 0.3) is 0 Å². The van der Waals surface area contributed by atoms with E-state index < -0.39 is 0 Å². The monoisotopic (exact) mass is 782 g/mol. The zero-order chi connectivity index (χ0) is 40.8. The van der Waals surface area contributed by atoms with Crippen molar-refractivity contribution in [1.82, 2.24) is 9.88 Å². The Morgan fingerprint density at radius 2 is 1.93 bits per heavy atom. The van der Waals surface area contributed by atoms with E-state index in [2.05, 4.69) is 109 Å². The van der Waals surface area contributed by atoms with Crippen LogP contribution in [0.25, 0.3) is 5.57 Å². The van der Waals surface area contributed by atoms with E-state index in [1.54, 1.807) is 6.92 Å². The number of aliphatic imine (C=N–C) groups is 1. The molecule has 1 aliphatic carbocycles. The molecule has 0 saturated carbocycles. The van der Waals surface area contributed by atoms with Crippen LogP contribution in [0.15, 0.2) is 83.5 Å². The maximum Gasteiger partial charge on any atom is 0.237 e. The van der Waals surface area contributed by atoms with Gasteiger partial charge in [0.2, 0.25) is 11.8 Å². The lowest BCUT2D eigenvalue weighted by Gasteiger charge is -2.33. The Bertz CT molecular complexity index is 2100. The fraction of sp³-hybridized carbons (Fsp3) is 0.469. The van der Waals surface area contributed by atoms with Gasteiger partial charge in [0.1, 0.15) is 24.2 Å². The number of benzene rings is 2. The second kappa shape index (κ2) is 18.6. The van der Waals surface area contributed by atoms with Gasteiger partial charge in [-0.2, -0.15) is 0 Å². The van der Waals surface area contributed by atoms with E-state index in [9.17, 15) is 9.59 Å². The Morgan fingerprint density at radius 3 is 2.71 bits per heavy atom. The van der Waals surface area contributed by atoms with Gasteiger partial charge in [-0.15, -0.1) is 0 Å². The molecule has 3 unspecified atom stereocenters. The summed E-state index contributed by atoms with van der Waals surface area (Å²) in [5.41, 5.74) is 14.2. The van der Waals surface area contributed by atoms with Crippen molar-refractivity contribution < 1.29 is 14.3 Å². The number of rotatable bonds is 16. The molecule has 7 rings (SSSR count). The molecule has 1 fully saturated rings. The SMILES string of the molecule is C=C(C)C(CCC(C)=O)C1=CCc2cc(CCCN(CCC)C(=O)Cc3ccc(NC4CC(C)C=C5CCN(c6cnc7c(c6C)NCCO7)CC5=N4)cc3)ccc21. The highest BCUT2D eigenvalue weighted by Crippen LogP contribution is 2.39. The van der Waals surface area contributed by atoms with Crippen LogP contribution in [-0.2, 0) is 28.9 Å². The Kier molecular flexibility index (Phi) is 13.1. The highest BCUT2D eigenvalue weighted by molar-refractivity contribution is 6.05. The molecule has 3 aliphatic heterocycles. The standard InChI is InChI=1S/C49H62N6O3/c1-7-22-54(23-8-9-36-13-18-42-38(28-36)14-19-43(42)41(32(2)3)17-10-34(5)56)47(57)29-37-11-15-40(16-12-37)52-46-27-33(4)26-39-20-24-55(31-44(39)53-46)45-30-51-49-48(35(45)6)50-21-25-58-49/h11-13,15-16,18-19,26,28,30,33,41,46,50,52H,2,7-10,14,17,20-25,27,29,31H2,1,3-6H3. The van der Waals surface area contributed by atoms with Crippen LogP contribution in [0.5, 0.6) is 5.88 Å². The normalized spacial score (nSPS) is 18.8. The second-order valence-corrected chi connectivity index (χ2v) is 16.9. The molecule has 3 aromatic rings. The number of nitrogens with zero attached hydrogens (tertiary/aromatic N) is 4. The number of aromatic nitrogens is 1. The maximum atomic E-state index is 13.6. The van der Waals surface area contributed by atoms with E-state index in [-0.39, 0.29) is 23.8 Å². The number of amides is 1. The Labute approximate surface area is 345 Å². The number of ether oxygens (including phenoxy) is 1. The largest absolute Gasteiger partial charge is 0.474 e. The summed E-state index contributed by atoms with van der Waals surface area (Å²) in [6.07, 6.45) is 14.0. The fourth-order valence-corrected chi connectivity index (χ4v) is 9.13. The number of hydrogen-bond donors (Lipinski definition) is 2. The van der Waals surface area contributed by atoms with Crippen LogP contribution < -0.4 is 20.3 Å². The number of fused-ring (bicyclic) bond motifs is 3. The van der Waals surface area contributed by atoms with Gasteiger partial charge < -0.3 is 30.0 Å². The Balaban J connectivity index is 0.925. The van der Waals surface area contributed by atoms with Gasteiger partial charge >= 0.3 is 0 Å². The number of allylic oxidation sites excluding steroid dienone is 4. The summed E-state index contributed by atoms with van der Waals surface area (Å²) in [5, 5.41) is 7.18. The molecule has 2 N–H and O–H groups in total. The lowest BCUT2D eigenvalue weighted by Crippen LogP contribution is -2.38. The number of carbonyl (C=O) groups excluding carboxylic acids is 2. The molecular formula is C49H62N6O3. The Hall–Kier alpha value is -5.18. The van der Waals surface area contributed by atoms with Crippen molar-refractivity contribution in [3.05, 3.63) is 106 Å². The van der Waals surface area contributed by atoms with Gasteiger partial charge in [-0.1, -0.05) is 68.5 Å². The topological polar surface area (TPSA) is 99.2 Å². The molecular weight excluding hydrogens is 721 g/mol. The van der Waals surface area contributed by atoms with Crippen molar-refractivity contribution in [2.45, 2.75) is 98.6 Å². The van der Waals surface area contributed by atoms with Crippen LogP contribution in [0.4, 0.5) is 17.1 Å². The summed E-state index contributed by atoms with van der Waals surface area (Å²) in [4.78, 5) is 39.7. The highest BCUT2D eigenvalue weighted by atomic mass is 16.5. The fourth-order valence-electron chi connectivity index (χ4n) is 9.13. The first-order valence-corrected chi connectivity index (χ1v) is 21.6. The van der Waals surface area contributed by atoms with Crippen LogP contribution >= 0.6 is 0 Å². The molecule has 3 atom stereocenters. The van der Waals surface area contributed by atoms with E-state index in [4.69, 9.17) is 9.73 Å². The number of ketones is 1. The molecule has 4 heterocycles. The number of anilines is 3. The lowest BCUT2D eigenvalue weighted by atomic mass is 9.84. The average Bonchev–Trinajstić information content (AvgIpc) is 3.54. The third-order valence-corrected chi connectivity index (χ3v) is 12.2. The summed E-state index contributed by atoms with van der Waals surface area (Å²) in [6.45, 7) is 19.2. The number of piperidine rings is 1. The zero-order valence-electron chi connectivity index (χ0n) is 35.3. The van der Waals surface area contributed by atoms with Gasteiger partial charge in [0.05, 0.1) is 30.6 Å². The quantitative estimate of drug-likeness (QED) is 0.140. The van der Waals surface area contributed by atoms with Crippen LogP contribution in [-0.4, -0.2) is 72.8 Å². The van der Waals surface area contributed by atoms with Crippen LogP contribution in [0.3, 0.4) is 0 Å². The van der Waals surface area contributed by atoms with E-state index in [1.807, 2.05) is 11.1 Å². The van der Waals surface area contributed by atoms with Crippen molar-refractivity contribution in [2.24, 2.45) is 16.8 Å². The molecule has 0 bridgehead atoms. The summed E-state index contributed by atoms with van der Waals surface area (Å²) in [6, 6.07) is 15.2. The third-order valence-electron chi connectivity index (χ3n) is 12.2. The first-order chi connectivity index (χ1) is 28.1. The molecule has 9 nitrogen and oxygen atoms in total. The van der Waals surface area contributed by atoms with Crippen molar-refractivity contribution in [2.75, 3.05) is 54.9 Å². The van der Waals surface area contributed by atoms with E-state index in [0.717, 1.165) is 112 Å². The van der Waals surface area contributed by atoms with E-state index >= 15 is 0 Å². The first kappa shape index (κ1) is 41.0. The van der Waals surface area contributed by atoms with E-state index in [1.165, 1.54) is 33.4 Å². The van der Waals surface area contributed by atoms with Gasteiger partial charge in [-0.05, 0) is 117 Å². The molecule has 0 radical (unpaired) electrons. The minimum atomic E-state index is -0.0426. The predicted molar refractivity (Wildman–Crippen MR) is 238 cm³/mol. The van der Waals surface area contributed by atoms with Gasteiger partial charge in [-0.25, -0.2) is 4.98 Å². The maximum absolute atomic E-state index is 13.6. The predicted octanol–water partition coefficient (Wildman–Crippen LogP) is 9.16. The Morgan fingerprint density at radius 1 is 1.12 bits per heavy atom. The molecule has 0 spiro atoms. The first-order valence-electron chi connectivity index (χ1n) is 21.6. The van der Waals surface area contributed by atoms with Crippen LogP contribution in [0.1, 0.15) is 94.0 Å². The number of pyridine rings is 1. The average molecular weight is 783 g/mol. The summed E-state index contributed by atoms with van der Waals surface area (Å²) in [7, 11) is 0. The lowest BCUT2D eigenvalue weighted by molar-refractivity contribution is -0.130. The van der Waals surface area contributed by atoms with Crippen molar-refractivity contribution in [3.8, 4) is 5.88 Å². The molecule has 9 heteroatoms. The minimum Gasteiger partial charge on any atom is -0.474 e. The van der Waals surface area contributed by atoms with Crippen molar-refractivity contribution >= 4 is 40.0 Å². The molecule has 1 saturated heterocycles. The number of nitrogens with one attached hydrogen (secondary N) is 2. The van der Waals surface area contributed by atoms with Crippen molar-refractivity contribution in [3.63, 3.8) is 0 Å². The van der Waals surface area contributed by atoms with Gasteiger partial charge in [-0.3, -0.25) is 9.79 Å². The summed E-state index contributed by atoms with van der Waals surface area (Å²) in [5.74, 6) is 1.72. The van der Waals surface area contributed by atoms with Gasteiger partial charge in [0.15, 0.2) is 0 Å². The molecule has 306 valence electrons. The molecule has 58 heavy (non-hydrogen) atoms. The zero-order valence-corrected chi connectivity index (χ0v) is 35.3. The van der Waals surface area contributed by atoms with Crippen LogP contribution in [0.2, 0.25) is 0 Å². The highest BCUT2D eigenvalue weighted by Gasteiger charge is 2.28. The van der Waals surface area contributed by atoms with Gasteiger partial charge in [0, 0.05) is 49.8 Å². The van der Waals surface area contributed by atoms with Crippen molar-refractivity contribution in [1.29, 1.82) is 0 Å².